The van der Waals surface area contributed by atoms with Crippen LogP contribution in [-0.4, -0.2) is 59.8 Å². The Labute approximate surface area is 113 Å². The number of hydrogen-bond acceptors (Lipinski definition) is 2. The summed E-state index contributed by atoms with van der Waals surface area (Å²) in [4.78, 5) is 0. The van der Waals surface area contributed by atoms with Crippen LogP contribution in [0.2, 0.25) is 0 Å². The smallest absolute Gasteiger partial charge is 0.127 e. The van der Waals surface area contributed by atoms with Crippen molar-refractivity contribution in [3.8, 4) is 0 Å². The molecule has 0 aromatic carbocycles. The molecule has 0 atom stereocenters. The summed E-state index contributed by atoms with van der Waals surface area (Å²) in [5.41, 5.74) is 0. The highest BCUT2D eigenvalue weighted by Crippen LogP contribution is 2.05. The third-order valence-electron chi connectivity index (χ3n) is 2.72. The second-order valence-corrected chi connectivity index (χ2v) is 10.3. The molecule has 0 aliphatic carbocycles. The molecule has 0 saturated carbocycles. The summed E-state index contributed by atoms with van der Waals surface area (Å²) in [5, 5.41) is 0. The van der Waals surface area contributed by atoms with E-state index in [9.17, 15) is 4.21 Å². The average Bonchev–Trinajstić information content (AvgIpc) is 2.14. The molecule has 0 radical (unpaired) electrons. The topological polar surface area (TPSA) is 23.6 Å². The van der Waals surface area contributed by atoms with E-state index < -0.39 is 10.1 Å². The minimum absolute atomic E-state index is 0.368. The Hall–Kier alpha value is 0.420. The van der Waals surface area contributed by atoms with Gasteiger partial charge in [-0.3, -0.25) is 0 Å². The Morgan fingerprint density at radius 1 is 0.941 bits per heavy atom. The first-order valence-corrected chi connectivity index (χ1v) is 10.2. The monoisotopic (exact) mass is 284 g/mol. The molecular formula is C12H32N2OS2+2. The maximum atomic E-state index is 11.3. The molecule has 106 valence electrons. The van der Waals surface area contributed by atoms with Gasteiger partial charge in [0.25, 0.3) is 0 Å². The van der Waals surface area contributed by atoms with Crippen LogP contribution in [-0.2, 0) is 25.4 Å². The summed E-state index contributed by atoms with van der Waals surface area (Å²) in [5.74, 6) is 0. The highest BCUT2D eigenvalue weighted by molar-refractivity contribution is 7.99. The van der Waals surface area contributed by atoms with E-state index in [1.807, 2.05) is 25.2 Å². The lowest BCUT2D eigenvalue weighted by atomic mass is 10.4. The molecule has 0 aromatic heterocycles. The molecule has 5 heteroatoms. The molecule has 17 heavy (non-hydrogen) atoms. The van der Waals surface area contributed by atoms with E-state index in [2.05, 4.69) is 37.7 Å². The molecule has 0 unspecified atom stereocenters. The maximum Gasteiger partial charge on any atom is 0.152 e. The summed E-state index contributed by atoms with van der Waals surface area (Å²) in [6, 6.07) is 1.06. The Morgan fingerprint density at radius 3 is 1.29 bits per heavy atom. The maximum absolute atomic E-state index is 11.3. The van der Waals surface area contributed by atoms with Crippen LogP contribution < -0.4 is 0 Å². The zero-order chi connectivity index (χ0) is 14.4. The van der Waals surface area contributed by atoms with E-state index >= 15 is 0 Å². The minimum atomic E-state index is -1.72. The van der Waals surface area contributed by atoms with Crippen molar-refractivity contribution in [3.63, 3.8) is 0 Å². The fourth-order valence-electron chi connectivity index (χ4n) is 0.929. The lowest BCUT2D eigenvalue weighted by Gasteiger charge is -2.18. The van der Waals surface area contributed by atoms with Crippen molar-refractivity contribution in [1.29, 1.82) is 0 Å². The zero-order valence-electron chi connectivity index (χ0n) is 13.3. The Balaban J connectivity index is 0. The van der Waals surface area contributed by atoms with E-state index in [-0.39, 0.29) is 0 Å². The van der Waals surface area contributed by atoms with Crippen molar-refractivity contribution in [3.05, 3.63) is 0 Å². The molecule has 0 aliphatic heterocycles. The van der Waals surface area contributed by atoms with Crippen molar-refractivity contribution in [2.45, 2.75) is 39.8 Å². The van der Waals surface area contributed by atoms with E-state index in [4.69, 9.17) is 0 Å². The Bertz CT molecular complexity index is 229. The largest absolute Gasteiger partial charge is 0.152 e. The molecule has 0 fully saturated rings. The zero-order valence-corrected chi connectivity index (χ0v) is 14.9. The van der Waals surface area contributed by atoms with Crippen molar-refractivity contribution in [2.24, 2.45) is 0 Å². The van der Waals surface area contributed by atoms with Crippen LogP contribution in [0.1, 0.15) is 27.7 Å². The number of nitrogens with zero attached hydrogens (tertiary/aromatic N) is 2. The molecule has 0 bridgehead atoms. The molecule has 0 aromatic rings. The van der Waals surface area contributed by atoms with Gasteiger partial charge in [0.1, 0.15) is 25.0 Å². The van der Waals surface area contributed by atoms with Crippen LogP contribution in [0.5, 0.6) is 0 Å². The van der Waals surface area contributed by atoms with E-state index in [0.717, 1.165) is 0 Å². The molecule has 0 rings (SSSR count). The third-order valence-corrected chi connectivity index (χ3v) is 6.11. The van der Waals surface area contributed by atoms with Crippen LogP contribution in [0.25, 0.3) is 0 Å². The first-order chi connectivity index (χ1) is 7.41. The standard InChI is InChI=1S/C6H16NOS.C6H16NS/c1-6(2)7(3)9(4,5)8;1-6(2)7(3)8(4)5/h6H,1-5H3;6H,1-5H3/q2*+1. The van der Waals surface area contributed by atoms with Gasteiger partial charge >= 0.3 is 0 Å². The normalized spacial score (nSPS) is 12.6. The fraction of sp³-hybridized carbons (Fsp3) is 1.00. The molecular weight excluding hydrogens is 252 g/mol. The lowest BCUT2D eigenvalue weighted by Crippen LogP contribution is -2.35. The molecule has 0 amide bonds. The van der Waals surface area contributed by atoms with Crippen molar-refractivity contribution in [1.82, 2.24) is 8.61 Å². The van der Waals surface area contributed by atoms with Gasteiger partial charge in [-0.05, 0) is 27.7 Å². The molecule has 0 spiro atoms. The Morgan fingerprint density at radius 2 is 1.29 bits per heavy atom. The second kappa shape index (κ2) is 8.51. The van der Waals surface area contributed by atoms with Crippen molar-refractivity contribution in [2.75, 3.05) is 39.1 Å². The SMILES string of the molecule is CC(C)N(C)[S+](C)(C)=O.CC(C)N(C)[S+](C)C. The van der Waals surface area contributed by atoms with Crippen LogP contribution in [0.15, 0.2) is 0 Å². The number of hydrogen-bond donors (Lipinski definition) is 0. The summed E-state index contributed by atoms with van der Waals surface area (Å²) >= 11 is 0.443. The predicted molar refractivity (Wildman–Crippen MR) is 84.9 cm³/mol. The van der Waals surface area contributed by atoms with Crippen LogP contribution in [0, 0.1) is 0 Å². The van der Waals surface area contributed by atoms with Gasteiger partial charge in [0, 0.05) is 26.2 Å². The van der Waals surface area contributed by atoms with Gasteiger partial charge in [-0.25, -0.2) is 0 Å². The van der Waals surface area contributed by atoms with Gasteiger partial charge in [0.05, 0.1) is 11.1 Å². The van der Waals surface area contributed by atoms with Crippen LogP contribution in [0.4, 0.5) is 0 Å². The van der Waals surface area contributed by atoms with Gasteiger partial charge in [0.2, 0.25) is 0 Å². The van der Waals surface area contributed by atoms with Crippen LogP contribution in [0.3, 0.4) is 0 Å². The Kier molecular flexibility index (Phi) is 9.89. The third kappa shape index (κ3) is 10.1. The van der Waals surface area contributed by atoms with Crippen molar-refractivity contribution >= 4 is 21.2 Å². The quantitative estimate of drug-likeness (QED) is 0.738. The predicted octanol–water partition coefficient (Wildman–Crippen LogP) is 2.12. The molecule has 0 heterocycles. The van der Waals surface area contributed by atoms with E-state index in [1.165, 1.54) is 0 Å². The van der Waals surface area contributed by atoms with Gasteiger partial charge < -0.3 is 0 Å². The summed E-state index contributed by atoms with van der Waals surface area (Å²) in [7, 11) is 2.32. The summed E-state index contributed by atoms with van der Waals surface area (Å²) in [6.07, 6.45) is 7.99. The second-order valence-electron chi connectivity index (χ2n) is 5.23. The molecule has 0 N–H and O–H groups in total. The van der Waals surface area contributed by atoms with Crippen LogP contribution >= 0.6 is 0 Å². The van der Waals surface area contributed by atoms with Gasteiger partial charge in [-0.15, -0.1) is 8.61 Å². The molecule has 0 aliphatic rings. The lowest BCUT2D eigenvalue weighted by molar-refractivity contribution is 0.426. The van der Waals surface area contributed by atoms with E-state index in [1.54, 1.807) is 12.5 Å². The minimum Gasteiger partial charge on any atom is -0.127 e. The van der Waals surface area contributed by atoms with Gasteiger partial charge in [-0.2, -0.15) is 0 Å². The summed E-state index contributed by atoms with van der Waals surface area (Å²) in [6.45, 7) is 8.50. The first kappa shape index (κ1) is 19.8. The average molecular weight is 285 g/mol. The molecule has 3 nitrogen and oxygen atoms in total. The molecule has 0 saturated heterocycles. The van der Waals surface area contributed by atoms with E-state index in [0.29, 0.717) is 23.2 Å². The fourth-order valence-corrected chi connectivity index (χ4v) is 2.79. The van der Waals surface area contributed by atoms with Gasteiger partial charge in [-0.1, -0.05) is 4.21 Å². The summed E-state index contributed by atoms with van der Waals surface area (Å²) < 4.78 is 15.5. The highest BCUT2D eigenvalue weighted by atomic mass is 32.3. The first-order valence-electron chi connectivity index (χ1n) is 5.89. The number of rotatable bonds is 4. The van der Waals surface area contributed by atoms with Gasteiger partial charge in [0.15, 0.2) is 10.1 Å². The highest BCUT2D eigenvalue weighted by Gasteiger charge is 2.22. The van der Waals surface area contributed by atoms with Crippen molar-refractivity contribution < 1.29 is 4.21 Å².